The SMILES string of the molecule is CCCS(=O)(=O)C1C=CC(C)=CC1.CCNC(=O)c1ccc(C)cc1.COC(=O)c1ccc(C)cc1.CSc1cccc(C)c1.Cc1cc(C#N)cc(C(F)(F)F)c1.Cc1ccc(C(F)(F)F)cc1.Cc1ccc(S(=O)(=O)c2ccccc2)cc1.Cc1ccc([N+](=O)[O-])cc1Cl.Cc1cccc(OC(F)(F)F)c1. The van der Waals surface area contributed by atoms with Crippen LogP contribution in [0.5, 0.6) is 5.75 Å². The number of aryl methyl sites for hydroxylation is 8. The normalized spacial score (nSPS) is 12.0. The van der Waals surface area contributed by atoms with Gasteiger partial charge in [-0.05, 0) is 208 Å². The first-order valence-corrected chi connectivity index (χ1v) is 37.8. The summed E-state index contributed by atoms with van der Waals surface area (Å²) in [5.41, 5.74) is 8.71. The van der Waals surface area contributed by atoms with Crippen LogP contribution in [-0.2, 0) is 36.8 Å². The van der Waals surface area contributed by atoms with E-state index >= 15 is 0 Å². The fourth-order valence-corrected chi connectivity index (χ4v) is 12.2. The molecule has 108 heavy (non-hydrogen) atoms. The monoisotopic (exact) mass is 1580 g/mol. The van der Waals surface area contributed by atoms with Gasteiger partial charge in [-0.1, -0.05) is 167 Å². The van der Waals surface area contributed by atoms with E-state index in [2.05, 4.69) is 52.2 Å². The average Bonchev–Trinajstić information content (AvgIpc) is 0.811. The molecule has 1 unspecified atom stereocenters. The summed E-state index contributed by atoms with van der Waals surface area (Å²) in [5, 5.41) is 21.5. The molecule has 9 aromatic carbocycles. The van der Waals surface area contributed by atoms with E-state index in [0.29, 0.717) is 51.1 Å². The molecule has 26 heteroatoms. The van der Waals surface area contributed by atoms with Crippen LogP contribution in [0.3, 0.4) is 0 Å². The minimum absolute atomic E-state index is 0.00231. The zero-order chi connectivity index (χ0) is 81.6. The van der Waals surface area contributed by atoms with Crippen molar-refractivity contribution in [1.82, 2.24) is 5.32 Å². The van der Waals surface area contributed by atoms with E-state index in [1.165, 1.54) is 78.6 Å². The number of alkyl halides is 9. The Bertz CT molecular complexity index is 4630. The van der Waals surface area contributed by atoms with Crippen LogP contribution >= 0.6 is 23.4 Å². The Labute approximate surface area is 636 Å². The van der Waals surface area contributed by atoms with Crippen LogP contribution in [0.4, 0.5) is 45.2 Å². The van der Waals surface area contributed by atoms with Gasteiger partial charge < -0.3 is 14.8 Å². The number of nitrogens with one attached hydrogen (secondary N) is 1. The second kappa shape index (κ2) is 46.3. The number of rotatable bonds is 11. The summed E-state index contributed by atoms with van der Waals surface area (Å²) in [4.78, 5) is 33.9. The molecule has 0 bridgehead atoms. The van der Waals surface area contributed by atoms with Crippen molar-refractivity contribution in [1.29, 1.82) is 5.26 Å². The quantitative estimate of drug-likeness (QED) is 0.0423. The average molecular weight is 1580 g/mol. The number of hydrogen-bond donors (Lipinski definition) is 1. The molecule has 0 aromatic heterocycles. The van der Waals surface area contributed by atoms with E-state index in [4.69, 9.17) is 16.9 Å². The van der Waals surface area contributed by atoms with Crippen molar-refractivity contribution in [3.8, 4) is 11.8 Å². The highest BCUT2D eigenvalue weighted by Gasteiger charge is 2.32. The van der Waals surface area contributed by atoms with Crippen LogP contribution in [0.1, 0.15) is 116 Å². The van der Waals surface area contributed by atoms with Crippen molar-refractivity contribution in [2.45, 2.75) is 128 Å². The molecule has 10 rings (SSSR count). The lowest BCUT2D eigenvalue weighted by Crippen LogP contribution is -2.22. The number of nitro benzene ring substituents is 1. The van der Waals surface area contributed by atoms with Gasteiger partial charge in [0.1, 0.15) is 5.75 Å². The smallest absolute Gasteiger partial charge is 0.465 e. The van der Waals surface area contributed by atoms with Gasteiger partial charge in [0, 0.05) is 29.1 Å². The number of nitrogens with zero attached hydrogens (tertiary/aromatic N) is 2. The Balaban J connectivity index is 0.000000414. The largest absolute Gasteiger partial charge is 0.573 e. The third-order valence-electron chi connectivity index (χ3n) is 14.4. The number of halogens is 10. The number of non-ortho nitro benzene ring substituents is 1. The molecule has 13 nitrogen and oxygen atoms in total. The first-order valence-electron chi connectivity index (χ1n) is 33.0. The van der Waals surface area contributed by atoms with E-state index in [1.807, 2.05) is 90.1 Å². The van der Waals surface area contributed by atoms with Gasteiger partial charge in [-0.2, -0.15) is 31.6 Å². The van der Waals surface area contributed by atoms with Crippen molar-refractivity contribution >= 4 is 60.6 Å². The highest BCUT2D eigenvalue weighted by molar-refractivity contribution is 7.98. The number of nitro groups is 1. The molecule has 0 radical (unpaired) electrons. The Morgan fingerprint density at radius 2 is 1.09 bits per heavy atom. The van der Waals surface area contributed by atoms with E-state index in [1.54, 1.807) is 124 Å². The van der Waals surface area contributed by atoms with E-state index in [0.717, 1.165) is 63.2 Å². The van der Waals surface area contributed by atoms with Crippen molar-refractivity contribution in [3.63, 3.8) is 0 Å². The fourth-order valence-electron chi connectivity index (χ4n) is 8.64. The van der Waals surface area contributed by atoms with E-state index < -0.39 is 54.4 Å². The van der Waals surface area contributed by atoms with E-state index in [-0.39, 0.29) is 34.1 Å². The van der Waals surface area contributed by atoms with Crippen molar-refractivity contribution in [2.24, 2.45) is 0 Å². The Morgan fingerprint density at radius 1 is 0.593 bits per heavy atom. The van der Waals surface area contributed by atoms with Gasteiger partial charge in [-0.15, -0.1) is 24.9 Å². The maximum Gasteiger partial charge on any atom is 0.573 e. The predicted molar refractivity (Wildman–Crippen MR) is 411 cm³/mol. The molecule has 1 aliphatic carbocycles. The van der Waals surface area contributed by atoms with Gasteiger partial charge >= 0.3 is 24.7 Å². The molecule has 0 spiro atoms. The Kier molecular flexibility index (Phi) is 40.3. The molecule has 1 amide bonds. The molecule has 0 aliphatic heterocycles. The molecule has 0 heterocycles. The molecule has 1 aliphatic rings. The Hall–Kier alpha value is -10.0. The molecule has 0 fully saturated rings. The molecule has 0 saturated carbocycles. The van der Waals surface area contributed by atoms with Crippen molar-refractivity contribution in [2.75, 3.05) is 25.7 Å². The molecule has 1 N–H and O–H groups in total. The lowest BCUT2D eigenvalue weighted by atomic mass is 10.1. The van der Waals surface area contributed by atoms with Crippen molar-refractivity contribution in [3.05, 3.63) is 324 Å². The highest BCUT2D eigenvalue weighted by Crippen LogP contribution is 2.32. The molecule has 578 valence electrons. The molecular weight excluding hydrogens is 1490 g/mol. The Morgan fingerprint density at radius 3 is 1.52 bits per heavy atom. The number of carbonyl (C=O) groups is 2. The van der Waals surface area contributed by atoms with Gasteiger partial charge in [0.05, 0.1) is 66.2 Å². The van der Waals surface area contributed by atoms with E-state index in [9.17, 15) is 76.1 Å². The number of thioether (sulfide) groups is 1. The summed E-state index contributed by atoms with van der Waals surface area (Å²) in [6.07, 6.45) is -4.08. The molecule has 0 saturated heterocycles. The summed E-state index contributed by atoms with van der Waals surface area (Å²) < 4.78 is 163. The standard InChI is InChI=1S/C13H12O2S.C10H13NO.C10H16O2S.C9H6F3N.C9H10O2.C8H7F3O.C8H7F3.C8H10S.C7H6ClNO2/c1-11-7-9-13(10-8-11)16(14,15)12-5-3-2-4-6-12;1-3-11-10(12)9-6-4-8(2)5-7-9;1-3-8-13(11,12)10-6-4-9(2)5-7-10;1-6-2-7(5-13)4-8(3-6)9(10,11)12;1-7-3-5-8(6-4-7)9(10)11-2;1-6-3-2-4-7(5-6)12-8(9,10)11;1-6-2-4-7(5-3-6)8(9,10)11;1-7-4-3-5-8(6-7)9-2;1-5-2-3-6(9(10)11)4-7(5)8/h2-10H,1H3;4-7H,3H2,1-2H3,(H,11,12);4-6,10H,3,7-8H2,1-2H3;2-4H,1H3;3-6H,1-2H3;2-5H,1H3;2-5H,1H3;3-6H,1-2H3;2-4H,1H3. The number of benzene rings is 9. The summed E-state index contributed by atoms with van der Waals surface area (Å²) in [7, 11) is -4.87. The van der Waals surface area contributed by atoms with Gasteiger partial charge in [0.15, 0.2) is 9.84 Å². The molecular formula is C82H87ClF9N3O10S3. The number of amides is 1. The first-order chi connectivity index (χ1) is 50.5. The van der Waals surface area contributed by atoms with Gasteiger partial charge in [0.2, 0.25) is 9.84 Å². The van der Waals surface area contributed by atoms with Gasteiger partial charge in [-0.3, -0.25) is 14.9 Å². The second-order valence-corrected chi connectivity index (χ2v) is 29.4. The number of sulfone groups is 2. The van der Waals surface area contributed by atoms with Crippen molar-refractivity contribution < 1.29 is 80.3 Å². The third kappa shape index (κ3) is 37.0. The van der Waals surface area contributed by atoms with Crippen LogP contribution in [0.2, 0.25) is 5.02 Å². The van der Waals surface area contributed by atoms with Crippen LogP contribution < -0.4 is 10.1 Å². The summed E-state index contributed by atoms with van der Waals surface area (Å²) >= 11 is 7.44. The predicted octanol–water partition coefficient (Wildman–Crippen LogP) is 22.5. The first kappa shape index (κ1) is 94.1. The number of methoxy groups -OCH3 is 1. The zero-order valence-electron chi connectivity index (χ0n) is 61.8. The maximum atomic E-state index is 12.2. The van der Waals surface area contributed by atoms with Crippen LogP contribution in [0.15, 0.2) is 251 Å². The number of carbonyl (C=O) groups excluding carboxylic acids is 2. The lowest BCUT2D eigenvalue weighted by Gasteiger charge is -2.14. The van der Waals surface area contributed by atoms with Crippen LogP contribution in [-0.4, -0.2) is 70.9 Å². The van der Waals surface area contributed by atoms with Gasteiger partial charge in [-0.25, -0.2) is 21.6 Å². The lowest BCUT2D eigenvalue weighted by molar-refractivity contribution is -0.384. The molecule has 1 atom stereocenters. The van der Waals surface area contributed by atoms with Crippen LogP contribution in [0.25, 0.3) is 0 Å². The third-order valence-corrected chi connectivity index (χ3v) is 19.6. The summed E-state index contributed by atoms with van der Waals surface area (Å²) in [5.74, 6) is -0.167. The van der Waals surface area contributed by atoms with Gasteiger partial charge in [0.25, 0.3) is 11.6 Å². The zero-order valence-corrected chi connectivity index (χ0v) is 65.0. The number of nitriles is 1. The number of esters is 1. The minimum Gasteiger partial charge on any atom is -0.465 e. The summed E-state index contributed by atoms with van der Waals surface area (Å²) in [6.45, 7) is 21.2. The summed E-state index contributed by atoms with van der Waals surface area (Å²) in [6, 6.07) is 58.8. The van der Waals surface area contributed by atoms with Crippen LogP contribution in [0, 0.1) is 76.8 Å². The maximum absolute atomic E-state index is 12.2. The highest BCUT2D eigenvalue weighted by atomic mass is 35.5. The minimum atomic E-state index is -4.60. The topological polar surface area (TPSA) is 200 Å². The number of ether oxygens (including phenoxy) is 2. The number of allylic oxidation sites excluding steroid dienone is 3. The second-order valence-electron chi connectivity index (χ2n) is 23.8. The number of hydrogen-bond acceptors (Lipinski definition) is 12. The molecule has 9 aromatic rings. The fraction of sp³-hybridized carbons (Fsp3) is 0.256.